The van der Waals surface area contributed by atoms with E-state index < -0.39 is 0 Å². The van der Waals surface area contributed by atoms with Crippen molar-refractivity contribution in [1.29, 1.82) is 0 Å². The smallest absolute Gasteiger partial charge is 0.298 e. The van der Waals surface area contributed by atoms with Gasteiger partial charge in [-0.3, -0.25) is 4.79 Å². The van der Waals surface area contributed by atoms with Gasteiger partial charge in [-0.1, -0.05) is 0 Å². The lowest BCUT2D eigenvalue weighted by molar-refractivity contribution is 0.102. The zero-order chi connectivity index (χ0) is 20.7. The molecular weight excluding hydrogens is 380 g/mol. The Morgan fingerprint density at radius 3 is 2.80 bits per heavy atom. The van der Waals surface area contributed by atoms with Gasteiger partial charge in [0.05, 0.1) is 6.61 Å². The normalized spacial score (nSPS) is 16.7. The van der Waals surface area contributed by atoms with Gasteiger partial charge in [0.15, 0.2) is 5.58 Å². The molecule has 3 heterocycles. The topological polar surface area (TPSA) is 70.8 Å². The van der Waals surface area contributed by atoms with Crippen molar-refractivity contribution in [2.24, 2.45) is 0 Å². The summed E-state index contributed by atoms with van der Waals surface area (Å²) in [6.45, 7) is 2.54. The van der Waals surface area contributed by atoms with E-state index in [0.29, 0.717) is 29.9 Å². The van der Waals surface area contributed by atoms with Gasteiger partial charge in [0.2, 0.25) is 0 Å². The maximum atomic E-state index is 12.7. The summed E-state index contributed by atoms with van der Waals surface area (Å²) < 4.78 is 11.5. The Morgan fingerprint density at radius 2 is 2.00 bits per heavy atom. The number of aromatic nitrogens is 1. The summed E-state index contributed by atoms with van der Waals surface area (Å²) in [4.78, 5) is 21.8. The second-order valence-corrected chi connectivity index (χ2v) is 8.24. The van der Waals surface area contributed by atoms with Crippen molar-refractivity contribution in [3.63, 3.8) is 0 Å². The van der Waals surface area contributed by atoms with Crippen LogP contribution in [0.15, 0.2) is 40.8 Å². The van der Waals surface area contributed by atoms with Gasteiger partial charge in [-0.05, 0) is 68.9 Å². The number of carbonyl (C=O) groups excluding carboxylic acids is 1. The summed E-state index contributed by atoms with van der Waals surface area (Å²) in [5.74, 6) is 0.733. The molecule has 1 N–H and O–H groups in total. The number of nitrogens with one attached hydrogen (secondary N) is 1. The third-order valence-electron chi connectivity index (χ3n) is 6.05. The first-order valence-corrected chi connectivity index (χ1v) is 10.5. The molecule has 0 aliphatic carbocycles. The molecule has 3 aromatic rings. The van der Waals surface area contributed by atoms with Crippen molar-refractivity contribution in [1.82, 2.24) is 9.88 Å². The molecular formula is C23H26N4O3. The van der Waals surface area contributed by atoms with E-state index in [1.807, 2.05) is 30.3 Å². The summed E-state index contributed by atoms with van der Waals surface area (Å²) in [5, 5.41) is 2.97. The van der Waals surface area contributed by atoms with Crippen LogP contribution in [0.4, 0.5) is 11.7 Å². The van der Waals surface area contributed by atoms with Crippen molar-refractivity contribution >= 4 is 28.7 Å². The lowest BCUT2D eigenvalue weighted by Gasteiger charge is -2.34. The first kappa shape index (κ1) is 18.9. The average molecular weight is 406 g/mol. The Kier molecular flexibility index (Phi) is 4.83. The molecule has 156 valence electrons. The molecule has 30 heavy (non-hydrogen) atoms. The second kappa shape index (κ2) is 7.65. The fourth-order valence-corrected chi connectivity index (χ4v) is 4.23. The van der Waals surface area contributed by atoms with Crippen LogP contribution in [-0.4, -0.2) is 55.6 Å². The maximum Gasteiger partial charge on any atom is 0.298 e. The molecule has 1 saturated heterocycles. The zero-order valence-corrected chi connectivity index (χ0v) is 17.4. The number of ether oxygens (including phenoxy) is 1. The molecule has 0 saturated carbocycles. The van der Waals surface area contributed by atoms with Gasteiger partial charge >= 0.3 is 0 Å². The van der Waals surface area contributed by atoms with Crippen molar-refractivity contribution in [3.8, 4) is 5.75 Å². The zero-order valence-electron chi connectivity index (χ0n) is 17.4. The molecule has 7 heteroatoms. The van der Waals surface area contributed by atoms with E-state index in [2.05, 4.69) is 34.2 Å². The minimum atomic E-state index is -0.140. The molecule has 7 nitrogen and oxygen atoms in total. The molecule has 0 spiro atoms. The van der Waals surface area contributed by atoms with Crippen molar-refractivity contribution in [2.45, 2.75) is 25.3 Å². The predicted molar refractivity (Wildman–Crippen MR) is 117 cm³/mol. The number of hydrogen-bond donors (Lipinski definition) is 1. The Bertz CT molecular complexity index is 1080. The number of oxazole rings is 1. The van der Waals surface area contributed by atoms with Crippen LogP contribution in [0.25, 0.3) is 11.1 Å². The molecule has 0 unspecified atom stereocenters. The number of fused-ring (bicyclic) bond motifs is 2. The number of hydrogen-bond acceptors (Lipinski definition) is 6. The molecule has 5 rings (SSSR count). The van der Waals surface area contributed by atoms with E-state index in [0.717, 1.165) is 54.8 Å². The fourth-order valence-electron chi connectivity index (χ4n) is 4.23. The standard InChI is InChI=1S/C23H26N4O3/c1-26(2)18-7-10-27(11-8-18)23-25-19-14-17(4-6-21(19)30-23)24-22(28)16-3-5-20-15(13-16)9-12-29-20/h3-6,13-14,18H,7-12H2,1-2H3,(H,24,28). The van der Waals surface area contributed by atoms with E-state index in [-0.39, 0.29) is 5.91 Å². The molecule has 2 aliphatic rings. The number of piperidine rings is 1. The van der Waals surface area contributed by atoms with Crippen molar-refractivity contribution in [2.75, 3.05) is 44.0 Å². The minimum absolute atomic E-state index is 0.140. The highest BCUT2D eigenvalue weighted by Gasteiger charge is 2.24. The van der Waals surface area contributed by atoms with E-state index in [9.17, 15) is 4.79 Å². The number of nitrogens with zero attached hydrogens (tertiary/aromatic N) is 3. The summed E-state index contributed by atoms with van der Waals surface area (Å²) in [7, 11) is 4.26. The minimum Gasteiger partial charge on any atom is -0.493 e. The quantitative estimate of drug-likeness (QED) is 0.715. The molecule has 0 bridgehead atoms. The van der Waals surface area contributed by atoms with Gasteiger partial charge in [-0.15, -0.1) is 0 Å². The molecule has 2 aromatic carbocycles. The third kappa shape index (κ3) is 3.61. The van der Waals surface area contributed by atoms with E-state index in [1.165, 1.54) is 0 Å². The monoisotopic (exact) mass is 406 g/mol. The SMILES string of the molecule is CN(C)C1CCN(c2nc3cc(NC(=O)c4ccc5c(c4)CCO5)ccc3o2)CC1. The summed E-state index contributed by atoms with van der Waals surface area (Å²) in [6.07, 6.45) is 3.04. The number of carbonyl (C=O) groups is 1. The van der Waals surface area contributed by atoms with Crippen LogP contribution in [0.3, 0.4) is 0 Å². The Hall–Kier alpha value is -3.06. The predicted octanol–water partition coefficient (Wildman–Crippen LogP) is 3.55. The van der Waals surface area contributed by atoms with Gasteiger partial charge < -0.3 is 24.3 Å². The maximum absolute atomic E-state index is 12.7. The Balaban J connectivity index is 1.30. The molecule has 1 amide bonds. The molecule has 2 aliphatic heterocycles. The van der Waals surface area contributed by atoms with Crippen LogP contribution in [0, 0.1) is 0 Å². The summed E-state index contributed by atoms with van der Waals surface area (Å²) >= 11 is 0. The van der Waals surface area contributed by atoms with Crippen LogP contribution in [-0.2, 0) is 6.42 Å². The molecule has 0 atom stereocenters. The van der Waals surface area contributed by atoms with E-state index >= 15 is 0 Å². The van der Waals surface area contributed by atoms with Crippen LogP contribution >= 0.6 is 0 Å². The first-order chi connectivity index (χ1) is 14.6. The summed E-state index contributed by atoms with van der Waals surface area (Å²) in [5.41, 5.74) is 3.89. The van der Waals surface area contributed by atoms with E-state index in [1.54, 1.807) is 6.07 Å². The largest absolute Gasteiger partial charge is 0.493 e. The highest BCUT2D eigenvalue weighted by molar-refractivity contribution is 6.05. The van der Waals surface area contributed by atoms with Crippen LogP contribution in [0.2, 0.25) is 0 Å². The van der Waals surface area contributed by atoms with Gasteiger partial charge in [0.25, 0.3) is 11.9 Å². The molecule has 1 aromatic heterocycles. The summed E-state index contributed by atoms with van der Waals surface area (Å²) in [6, 6.07) is 12.4. The lowest BCUT2D eigenvalue weighted by atomic mass is 10.0. The Morgan fingerprint density at radius 1 is 1.17 bits per heavy atom. The second-order valence-electron chi connectivity index (χ2n) is 8.24. The van der Waals surface area contributed by atoms with Gasteiger partial charge in [-0.25, -0.2) is 0 Å². The van der Waals surface area contributed by atoms with Crippen LogP contribution < -0.4 is 15.0 Å². The number of benzene rings is 2. The van der Waals surface area contributed by atoms with Crippen molar-refractivity contribution < 1.29 is 13.9 Å². The van der Waals surface area contributed by atoms with Crippen LogP contribution in [0.5, 0.6) is 5.75 Å². The average Bonchev–Trinajstić information content (AvgIpc) is 3.39. The first-order valence-electron chi connectivity index (χ1n) is 10.5. The lowest BCUT2D eigenvalue weighted by Crippen LogP contribution is -2.42. The highest BCUT2D eigenvalue weighted by atomic mass is 16.5. The molecule has 0 radical (unpaired) electrons. The number of anilines is 2. The van der Waals surface area contributed by atoms with Gasteiger partial charge in [0.1, 0.15) is 11.3 Å². The van der Waals surface area contributed by atoms with Crippen molar-refractivity contribution in [3.05, 3.63) is 47.5 Å². The Labute approximate surface area is 175 Å². The van der Waals surface area contributed by atoms with Gasteiger partial charge in [0, 0.05) is 36.8 Å². The fraction of sp³-hybridized carbons (Fsp3) is 0.391. The molecule has 1 fully saturated rings. The number of rotatable bonds is 4. The third-order valence-corrected chi connectivity index (χ3v) is 6.05. The van der Waals surface area contributed by atoms with Gasteiger partial charge in [-0.2, -0.15) is 4.98 Å². The number of amides is 1. The van der Waals surface area contributed by atoms with Crippen LogP contribution in [0.1, 0.15) is 28.8 Å². The highest BCUT2D eigenvalue weighted by Crippen LogP contribution is 2.28. The van der Waals surface area contributed by atoms with E-state index in [4.69, 9.17) is 9.15 Å².